The van der Waals surface area contributed by atoms with Gasteiger partial charge in [0.2, 0.25) is 0 Å². The fraction of sp³-hybridized carbons (Fsp3) is 0.889. The van der Waals surface area contributed by atoms with Crippen molar-refractivity contribution in [3.8, 4) is 0 Å². The first-order chi connectivity index (χ1) is 6.02. The van der Waals surface area contributed by atoms with Gasteiger partial charge in [-0.15, -0.1) is 0 Å². The lowest BCUT2D eigenvalue weighted by atomic mass is 9.98. The Labute approximate surface area is 79.0 Å². The van der Waals surface area contributed by atoms with Crippen LogP contribution in [0.5, 0.6) is 0 Å². The van der Waals surface area contributed by atoms with E-state index in [1.807, 2.05) is 27.7 Å². The van der Waals surface area contributed by atoms with E-state index in [2.05, 4.69) is 10.9 Å². The number of esters is 1. The number of hydrazine groups is 1. The van der Waals surface area contributed by atoms with Crippen molar-refractivity contribution in [1.29, 1.82) is 0 Å². The molecule has 0 aromatic carbocycles. The van der Waals surface area contributed by atoms with Gasteiger partial charge < -0.3 is 4.74 Å². The molecule has 0 aromatic rings. The van der Waals surface area contributed by atoms with Gasteiger partial charge in [0.05, 0.1) is 6.10 Å². The van der Waals surface area contributed by atoms with Crippen molar-refractivity contribution in [2.75, 3.05) is 0 Å². The molecule has 2 N–H and O–H groups in total. The van der Waals surface area contributed by atoms with E-state index < -0.39 is 0 Å². The Bertz CT molecular complexity index is 194. The standard InChI is InChI=1S/C9H18N2O2/c1-5(2)13-9(12)8-6(3)7(4)10-11-8/h5-8,10-11H,1-4H3. The molecular formula is C9H18N2O2. The van der Waals surface area contributed by atoms with E-state index in [0.29, 0.717) is 6.04 Å². The first-order valence-corrected chi connectivity index (χ1v) is 4.74. The van der Waals surface area contributed by atoms with Crippen LogP contribution in [-0.4, -0.2) is 24.2 Å². The summed E-state index contributed by atoms with van der Waals surface area (Å²) >= 11 is 0. The Hall–Kier alpha value is -0.610. The van der Waals surface area contributed by atoms with Gasteiger partial charge in [0.1, 0.15) is 6.04 Å². The lowest BCUT2D eigenvalue weighted by Crippen LogP contribution is -2.40. The molecule has 76 valence electrons. The zero-order valence-electron chi connectivity index (χ0n) is 8.63. The predicted octanol–water partition coefficient (Wildman–Crippen LogP) is 0.439. The van der Waals surface area contributed by atoms with Crippen LogP contribution in [0, 0.1) is 5.92 Å². The lowest BCUT2D eigenvalue weighted by molar-refractivity contribution is -0.150. The van der Waals surface area contributed by atoms with Crippen molar-refractivity contribution in [1.82, 2.24) is 10.9 Å². The third-order valence-electron chi connectivity index (χ3n) is 2.39. The largest absolute Gasteiger partial charge is 0.462 e. The summed E-state index contributed by atoms with van der Waals surface area (Å²) in [7, 11) is 0. The van der Waals surface area contributed by atoms with Crippen LogP contribution in [0.15, 0.2) is 0 Å². The number of nitrogens with one attached hydrogen (secondary N) is 2. The molecule has 3 atom stereocenters. The van der Waals surface area contributed by atoms with E-state index in [-0.39, 0.29) is 24.0 Å². The minimum Gasteiger partial charge on any atom is -0.462 e. The topological polar surface area (TPSA) is 50.4 Å². The van der Waals surface area contributed by atoms with E-state index in [1.54, 1.807) is 0 Å². The first kappa shape index (κ1) is 10.5. The summed E-state index contributed by atoms with van der Waals surface area (Å²) in [6.07, 6.45) is -0.0441. The molecule has 1 rings (SSSR count). The average Bonchev–Trinajstić information content (AvgIpc) is 2.31. The van der Waals surface area contributed by atoms with Gasteiger partial charge in [-0.3, -0.25) is 10.2 Å². The molecule has 13 heavy (non-hydrogen) atoms. The van der Waals surface area contributed by atoms with Gasteiger partial charge in [0.15, 0.2) is 0 Å². The Morgan fingerprint density at radius 1 is 1.31 bits per heavy atom. The normalized spacial score (nSPS) is 33.8. The van der Waals surface area contributed by atoms with Crippen molar-refractivity contribution in [3.05, 3.63) is 0 Å². The number of carbonyl (C=O) groups is 1. The van der Waals surface area contributed by atoms with Crippen molar-refractivity contribution in [2.45, 2.75) is 45.9 Å². The summed E-state index contributed by atoms with van der Waals surface area (Å²) < 4.78 is 5.11. The molecule has 0 saturated carbocycles. The molecule has 0 radical (unpaired) electrons. The third-order valence-corrected chi connectivity index (χ3v) is 2.39. The van der Waals surface area contributed by atoms with Gasteiger partial charge in [0, 0.05) is 6.04 Å². The van der Waals surface area contributed by atoms with Crippen LogP contribution in [-0.2, 0) is 9.53 Å². The molecule has 1 heterocycles. The highest BCUT2D eigenvalue weighted by Gasteiger charge is 2.35. The highest BCUT2D eigenvalue weighted by Crippen LogP contribution is 2.15. The second kappa shape index (κ2) is 4.07. The summed E-state index contributed by atoms with van der Waals surface area (Å²) in [5, 5.41) is 0. The molecule has 1 fully saturated rings. The molecule has 3 unspecified atom stereocenters. The zero-order valence-corrected chi connectivity index (χ0v) is 8.63. The molecule has 4 nitrogen and oxygen atoms in total. The molecule has 0 aliphatic carbocycles. The van der Waals surface area contributed by atoms with E-state index >= 15 is 0 Å². The zero-order chi connectivity index (χ0) is 10.0. The number of rotatable bonds is 2. The molecular weight excluding hydrogens is 168 g/mol. The summed E-state index contributed by atoms with van der Waals surface area (Å²) in [5.74, 6) is 0.102. The number of hydrogen-bond acceptors (Lipinski definition) is 4. The van der Waals surface area contributed by atoms with Crippen molar-refractivity contribution in [2.24, 2.45) is 5.92 Å². The maximum atomic E-state index is 11.5. The minimum atomic E-state index is -0.211. The SMILES string of the molecule is CC(C)OC(=O)C1NNC(C)C1C. The van der Waals surface area contributed by atoms with Crippen molar-refractivity contribution >= 4 is 5.97 Å². The second-order valence-electron chi connectivity index (χ2n) is 3.90. The van der Waals surface area contributed by atoms with Gasteiger partial charge in [0.25, 0.3) is 0 Å². The maximum absolute atomic E-state index is 11.5. The van der Waals surface area contributed by atoms with E-state index in [0.717, 1.165) is 0 Å². The molecule has 4 heteroatoms. The lowest BCUT2D eigenvalue weighted by Gasteiger charge is -2.16. The fourth-order valence-corrected chi connectivity index (χ4v) is 1.35. The quantitative estimate of drug-likeness (QED) is 0.614. The number of ether oxygens (including phenoxy) is 1. The molecule has 1 aliphatic rings. The molecule has 0 spiro atoms. The van der Waals surface area contributed by atoms with E-state index in [1.165, 1.54) is 0 Å². The van der Waals surface area contributed by atoms with Crippen LogP contribution in [0.3, 0.4) is 0 Å². The van der Waals surface area contributed by atoms with Gasteiger partial charge in [-0.1, -0.05) is 6.92 Å². The van der Waals surface area contributed by atoms with Crippen LogP contribution in [0.25, 0.3) is 0 Å². The fourth-order valence-electron chi connectivity index (χ4n) is 1.35. The average molecular weight is 186 g/mol. The van der Waals surface area contributed by atoms with Gasteiger partial charge >= 0.3 is 5.97 Å². The highest BCUT2D eigenvalue weighted by molar-refractivity contribution is 5.76. The van der Waals surface area contributed by atoms with Crippen LogP contribution in [0.1, 0.15) is 27.7 Å². The first-order valence-electron chi connectivity index (χ1n) is 4.74. The maximum Gasteiger partial charge on any atom is 0.325 e. The molecule has 0 amide bonds. The van der Waals surface area contributed by atoms with Crippen LogP contribution in [0.4, 0.5) is 0 Å². The summed E-state index contributed by atoms with van der Waals surface area (Å²) in [6, 6.07) is 0.0992. The summed E-state index contributed by atoms with van der Waals surface area (Å²) in [4.78, 5) is 11.5. The van der Waals surface area contributed by atoms with Crippen LogP contribution >= 0.6 is 0 Å². The number of hydrogen-bond donors (Lipinski definition) is 2. The third kappa shape index (κ3) is 2.42. The highest BCUT2D eigenvalue weighted by atomic mass is 16.5. The Morgan fingerprint density at radius 3 is 2.31 bits per heavy atom. The second-order valence-corrected chi connectivity index (χ2v) is 3.90. The summed E-state index contributed by atoms with van der Waals surface area (Å²) in [6.45, 7) is 7.78. The van der Waals surface area contributed by atoms with Crippen molar-refractivity contribution in [3.63, 3.8) is 0 Å². The molecule has 0 aromatic heterocycles. The molecule has 0 bridgehead atoms. The Kier molecular flexibility index (Phi) is 3.27. The summed E-state index contributed by atoms with van der Waals surface area (Å²) in [5.41, 5.74) is 5.96. The molecule has 1 saturated heterocycles. The minimum absolute atomic E-state index is 0.0441. The predicted molar refractivity (Wildman–Crippen MR) is 49.9 cm³/mol. The Morgan fingerprint density at radius 2 is 1.92 bits per heavy atom. The van der Waals surface area contributed by atoms with Crippen LogP contribution in [0.2, 0.25) is 0 Å². The molecule has 1 aliphatic heterocycles. The monoisotopic (exact) mass is 186 g/mol. The van der Waals surface area contributed by atoms with Crippen molar-refractivity contribution < 1.29 is 9.53 Å². The van der Waals surface area contributed by atoms with Gasteiger partial charge in [-0.2, -0.15) is 0 Å². The van der Waals surface area contributed by atoms with Crippen LogP contribution < -0.4 is 10.9 Å². The Balaban J connectivity index is 2.48. The smallest absolute Gasteiger partial charge is 0.325 e. The van der Waals surface area contributed by atoms with E-state index in [4.69, 9.17) is 4.74 Å². The van der Waals surface area contributed by atoms with Gasteiger partial charge in [-0.25, -0.2) is 5.43 Å². The van der Waals surface area contributed by atoms with Gasteiger partial charge in [-0.05, 0) is 26.7 Å². The number of carbonyl (C=O) groups excluding carboxylic acids is 1. The van der Waals surface area contributed by atoms with E-state index in [9.17, 15) is 4.79 Å².